The third-order valence-electron chi connectivity index (χ3n) is 10.6. The van der Waals surface area contributed by atoms with E-state index < -0.39 is 13.9 Å². The number of hydrogen-bond acceptors (Lipinski definition) is 6. The number of esters is 1. The van der Waals surface area contributed by atoms with Crippen LogP contribution < -0.4 is 0 Å². The number of unbranched alkanes of at least 4 members (excludes halogenated alkanes) is 17. The van der Waals surface area contributed by atoms with Crippen molar-refractivity contribution in [2.24, 2.45) is 0 Å². The average Bonchev–Trinajstić information content (AvgIpc) is 3.27. The molecule has 0 aliphatic rings. The van der Waals surface area contributed by atoms with Crippen LogP contribution >= 0.6 is 7.82 Å². The van der Waals surface area contributed by atoms with E-state index in [1.54, 1.807) is 0 Å². The Balaban J connectivity index is 4.22. The van der Waals surface area contributed by atoms with E-state index in [0.29, 0.717) is 24.1 Å². The molecule has 0 aromatic carbocycles. The number of nitrogens with zero attached hydrogens (tertiary/aromatic N) is 1. The first kappa shape index (κ1) is 62.4. The predicted molar refractivity (Wildman–Crippen MR) is 279 cm³/mol. The van der Waals surface area contributed by atoms with Crippen LogP contribution in [-0.4, -0.2) is 75.6 Å². The van der Waals surface area contributed by atoms with Gasteiger partial charge in [-0.05, 0) is 96.3 Å². The molecule has 0 aromatic rings. The fourth-order valence-electron chi connectivity index (χ4n) is 6.64. The van der Waals surface area contributed by atoms with Crippen LogP contribution in [0.2, 0.25) is 0 Å². The molecule has 0 bridgehead atoms. The zero-order valence-electron chi connectivity index (χ0n) is 42.4. The third-order valence-corrected chi connectivity index (χ3v) is 11.6. The number of hydrogen-bond donors (Lipinski definition) is 1. The van der Waals surface area contributed by atoms with Crippen molar-refractivity contribution in [3.63, 3.8) is 0 Å². The number of phosphoric acid groups is 1. The zero-order valence-corrected chi connectivity index (χ0v) is 43.3. The molecule has 374 valence electrons. The molecule has 0 radical (unpaired) electrons. The summed E-state index contributed by atoms with van der Waals surface area (Å²) in [5.41, 5.74) is 0. The Morgan fingerprint density at radius 3 is 1.34 bits per heavy atom. The Kier molecular flexibility index (Phi) is 46.0. The summed E-state index contributed by atoms with van der Waals surface area (Å²) in [5.74, 6) is -0.332. The van der Waals surface area contributed by atoms with Crippen molar-refractivity contribution in [2.75, 3.05) is 54.1 Å². The molecule has 2 atom stereocenters. The second-order valence-corrected chi connectivity index (χ2v) is 19.6. The molecule has 0 aliphatic carbocycles. The molecule has 0 heterocycles. The molecular formula is C56H99NO7P+. The first-order chi connectivity index (χ1) is 31.6. The highest BCUT2D eigenvalue weighted by molar-refractivity contribution is 7.47. The molecular weight excluding hydrogens is 830 g/mol. The SMILES string of the molecule is CC/C=C\C/C=C\C/C=C\C/C=C\C/C=C\CCCCCCCCCC(=O)OC(COCCCCCCCCC/C=C\C/C=C\C/C=C\CCCCC)COP(=O)(O)OCC[N+](C)(C)C. The molecule has 2 unspecified atom stereocenters. The van der Waals surface area contributed by atoms with Crippen LogP contribution in [0.1, 0.15) is 194 Å². The third kappa shape index (κ3) is 52.3. The molecule has 0 rings (SSSR count). The Labute approximate surface area is 400 Å². The van der Waals surface area contributed by atoms with Crippen LogP contribution in [0.15, 0.2) is 97.2 Å². The van der Waals surface area contributed by atoms with E-state index in [0.717, 1.165) is 89.9 Å². The molecule has 0 aliphatic heterocycles. The molecule has 65 heavy (non-hydrogen) atoms. The van der Waals surface area contributed by atoms with E-state index in [4.69, 9.17) is 18.5 Å². The van der Waals surface area contributed by atoms with Gasteiger partial charge in [0.15, 0.2) is 0 Å². The van der Waals surface area contributed by atoms with E-state index >= 15 is 0 Å². The highest BCUT2D eigenvalue weighted by atomic mass is 31.2. The lowest BCUT2D eigenvalue weighted by atomic mass is 10.1. The van der Waals surface area contributed by atoms with Crippen LogP contribution in [0.25, 0.3) is 0 Å². The predicted octanol–water partition coefficient (Wildman–Crippen LogP) is 16.2. The highest BCUT2D eigenvalue weighted by Crippen LogP contribution is 2.43. The van der Waals surface area contributed by atoms with Crippen molar-refractivity contribution in [3.8, 4) is 0 Å². The largest absolute Gasteiger partial charge is 0.472 e. The molecule has 0 amide bonds. The minimum Gasteiger partial charge on any atom is -0.457 e. The normalized spacial score (nSPS) is 14.4. The zero-order chi connectivity index (χ0) is 47.6. The molecule has 0 aromatic heterocycles. The van der Waals surface area contributed by atoms with Gasteiger partial charge in [0.2, 0.25) is 0 Å². The van der Waals surface area contributed by atoms with Gasteiger partial charge < -0.3 is 18.9 Å². The minimum atomic E-state index is -4.30. The molecule has 0 spiro atoms. The number of rotatable bonds is 47. The van der Waals surface area contributed by atoms with Crippen molar-refractivity contribution < 1.29 is 37.3 Å². The Hall–Kier alpha value is -2.58. The van der Waals surface area contributed by atoms with Gasteiger partial charge >= 0.3 is 13.8 Å². The van der Waals surface area contributed by atoms with Crippen molar-refractivity contribution in [3.05, 3.63) is 97.2 Å². The minimum absolute atomic E-state index is 0.0785. The lowest BCUT2D eigenvalue weighted by Crippen LogP contribution is -2.37. The van der Waals surface area contributed by atoms with E-state index in [1.165, 1.54) is 83.5 Å². The van der Waals surface area contributed by atoms with Gasteiger partial charge in [0.1, 0.15) is 19.3 Å². The second-order valence-electron chi connectivity index (χ2n) is 18.2. The van der Waals surface area contributed by atoms with Gasteiger partial charge in [-0.2, -0.15) is 0 Å². The van der Waals surface area contributed by atoms with Crippen LogP contribution in [-0.2, 0) is 27.9 Å². The number of carbonyl (C=O) groups is 1. The molecule has 9 heteroatoms. The van der Waals surface area contributed by atoms with Crippen LogP contribution in [0.4, 0.5) is 0 Å². The number of phosphoric ester groups is 1. The molecule has 0 saturated carbocycles. The number of ether oxygens (including phenoxy) is 2. The molecule has 8 nitrogen and oxygen atoms in total. The highest BCUT2D eigenvalue weighted by Gasteiger charge is 2.26. The van der Waals surface area contributed by atoms with Crippen LogP contribution in [0.5, 0.6) is 0 Å². The van der Waals surface area contributed by atoms with Gasteiger partial charge in [0.25, 0.3) is 0 Å². The lowest BCUT2D eigenvalue weighted by molar-refractivity contribution is -0.870. The Morgan fingerprint density at radius 1 is 0.492 bits per heavy atom. The van der Waals surface area contributed by atoms with Gasteiger partial charge in [-0.15, -0.1) is 0 Å². The van der Waals surface area contributed by atoms with Gasteiger partial charge in [-0.25, -0.2) is 4.57 Å². The van der Waals surface area contributed by atoms with Crippen LogP contribution in [0, 0.1) is 0 Å². The quantitative estimate of drug-likeness (QED) is 0.0214. The summed E-state index contributed by atoms with van der Waals surface area (Å²) in [7, 11) is 1.64. The Bertz CT molecular complexity index is 1360. The molecule has 0 fully saturated rings. The number of carbonyl (C=O) groups excluding carboxylic acids is 1. The maximum atomic E-state index is 12.8. The summed E-state index contributed by atoms with van der Waals surface area (Å²) in [6.07, 6.45) is 65.9. The van der Waals surface area contributed by atoms with Gasteiger partial charge in [0, 0.05) is 13.0 Å². The van der Waals surface area contributed by atoms with Crippen molar-refractivity contribution in [1.29, 1.82) is 0 Å². The Morgan fingerprint density at radius 2 is 0.892 bits per heavy atom. The van der Waals surface area contributed by atoms with Gasteiger partial charge in [-0.1, -0.05) is 188 Å². The number of quaternary nitrogens is 1. The van der Waals surface area contributed by atoms with Gasteiger partial charge in [0.05, 0.1) is 34.4 Å². The molecule has 1 N–H and O–H groups in total. The standard InChI is InChI=1S/C56H98NO7P/c1-6-8-10-12-14-16-18-20-22-24-26-28-29-30-31-33-35-37-39-41-43-45-47-49-56(58)64-55(54-63-65(59,60)62-52-50-57(3,4)5)53-61-51-48-46-44-42-40-38-36-34-32-27-25-23-21-19-17-15-13-11-9-7-2/h8,10,14-17,20-23,26-28,30-32,55H,6-7,9,11-13,18-19,24-25,29,33-54H2,1-5H3/p+1/b10-8-,16-14-,17-15-,22-20-,23-21-,28-26-,31-30-,32-27-. The summed E-state index contributed by atoms with van der Waals surface area (Å²) in [6, 6.07) is 0. The van der Waals surface area contributed by atoms with E-state index in [-0.39, 0.29) is 25.8 Å². The van der Waals surface area contributed by atoms with Crippen molar-refractivity contribution >= 4 is 13.8 Å². The van der Waals surface area contributed by atoms with Crippen molar-refractivity contribution in [2.45, 2.75) is 200 Å². The summed E-state index contributed by atoms with van der Waals surface area (Å²) in [4.78, 5) is 23.0. The van der Waals surface area contributed by atoms with E-state index in [1.807, 2.05) is 21.1 Å². The van der Waals surface area contributed by atoms with E-state index in [9.17, 15) is 14.3 Å². The van der Waals surface area contributed by atoms with E-state index in [2.05, 4.69) is 111 Å². The van der Waals surface area contributed by atoms with Crippen molar-refractivity contribution in [1.82, 2.24) is 0 Å². The second kappa shape index (κ2) is 47.9. The summed E-state index contributed by atoms with van der Waals surface area (Å²) < 4.78 is 35.1. The monoisotopic (exact) mass is 929 g/mol. The number of allylic oxidation sites excluding steroid dienone is 16. The lowest BCUT2D eigenvalue weighted by Gasteiger charge is -2.24. The molecule has 0 saturated heterocycles. The summed E-state index contributed by atoms with van der Waals surface area (Å²) in [5, 5.41) is 0. The topological polar surface area (TPSA) is 91.3 Å². The fourth-order valence-corrected chi connectivity index (χ4v) is 7.39. The van der Waals surface area contributed by atoms with Crippen LogP contribution in [0.3, 0.4) is 0 Å². The number of likely N-dealkylation sites (N-methyl/N-ethyl adjacent to an activating group) is 1. The first-order valence-electron chi connectivity index (χ1n) is 26.0. The average molecular weight is 929 g/mol. The maximum Gasteiger partial charge on any atom is 0.472 e. The van der Waals surface area contributed by atoms with Gasteiger partial charge in [-0.3, -0.25) is 13.8 Å². The smallest absolute Gasteiger partial charge is 0.457 e. The first-order valence-corrected chi connectivity index (χ1v) is 27.5. The fraction of sp³-hybridized carbons (Fsp3) is 0.696. The summed E-state index contributed by atoms with van der Waals surface area (Å²) in [6.45, 7) is 5.43. The summed E-state index contributed by atoms with van der Waals surface area (Å²) >= 11 is 0. The maximum absolute atomic E-state index is 12.8.